The van der Waals surface area contributed by atoms with E-state index in [2.05, 4.69) is 10.1 Å². The number of hydrogen-bond acceptors (Lipinski definition) is 4. The molecule has 0 aliphatic heterocycles. The zero-order valence-electron chi connectivity index (χ0n) is 8.40. The van der Waals surface area contributed by atoms with Crippen molar-refractivity contribution >= 4 is 22.6 Å². The second-order valence-electron chi connectivity index (χ2n) is 3.52. The average Bonchev–Trinajstić information content (AvgIpc) is 2.83. The van der Waals surface area contributed by atoms with E-state index < -0.39 is 0 Å². The summed E-state index contributed by atoms with van der Waals surface area (Å²) >= 11 is 5.58. The van der Waals surface area contributed by atoms with Crippen LogP contribution in [-0.4, -0.2) is 10.1 Å². The van der Waals surface area contributed by atoms with E-state index in [1.165, 1.54) is 5.56 Å². The van der Waals surface area contributed by atoms with Crippen molar-refractivity contribution in [1.29, 1.82) is 0 Å². The van der Waals surface area contributed by atoms with Gasteiger partial charge in [-0.25, -0.2) is 0 Å². The molecule has 0 radical (unpaired) electrons. The third kappa shape index (κ3) is 1.47. The molecule has 3 rings (SSSR count). The van der Waals surface area contributed by atoms with Crippen LogP contribution in [0.4, 0.5) is 0 Å². The zero-order chi connectivity index (χ0) is 11.1. The number of aromatic nitrogens is 2. The van der Waals surface area contributed by atoms with Crippen LogP contribution >= 0.6 is 11.6 Å². The Kier molecular flexibility index (Phi) is 1.97. The Morgan fingerprint density at radius 3 is 2.88 bits per heavy atom. The molecular formula is C11H7ClN2O2. The highest BCUT2D eigenvalue weighted by Gasteiger charge is 2.12. The number of furan rings is 1. The molecule has 0 aliphatic rings. The molecule has 0 spiro atoms. The first-order chi connectivity index (χ1) is 7.72. The van der Waals surface area contributed by atoms with E-state index in [9.17, 15) is 0 Å². The lowest BCUT2D eigenvalue weighted by Crippen LogP contribution is -1.70. The molecule has 0 saturated carbocycles. The fourth-order valence-corrected chi connectivity index (χ4v) is 1.69. The summed E-state index contributed by atoms with van der Waals surface area (Å²) in [6, 6.07) is 7.77. The monoisotopic (exact) mass is 234 g/mol. The first-order valence-corrected chi connectivity index (χ1v) is 5.10. The fraction of sp³-hybridized carbons (Fsp3) is 0.0909. The quantitative estimate of drug-likeness (QED) is 0.647. The van der Waals surface area contributed by atoms with Gasteiger partial charge in [-0.2, -0.15) is 4.98 Å². The third-order valence-electron chi connectivity index (χ3n) is 2.28. The molecule has 80 valence electrons. The lowest BCUT2D eigenvalue weighted by molar-refractivity contribution is 0.418. The molecule has 2 heterocycles. The van der Waals surface area contributed by atoms with Gasteiger partial charge >= 0.3 is 0 Å². The standard InChI is InChI=1S/C11H7ClN2O2/c1-6-2-3-8-7(4-6)5-9(15-8)10-13-11(12)14-16-10/h2-5H,1H3. The minimum Gasteiger partial charge on any atom is -0.451 e. The van der Waals surface area contributed by atoms with Crippen molar-refractivity contribution in [2.24, 2.45) is 0 Å². The van der Waals surface area contributed by atoms with E-state index in [4.69, 9.17) is 20.5 Å². The van der Waals surface area contributed by atoms with Crippen molar-refractivity contribution in [3.05, 3.63) is 35.1 Å². The summed E-state index contributed by atoms with van der Waals surface area (Å²) < 4.78 is 10.5. The SMILES string of the molecule is Cc1ccc2oc(-c3nc(Cl)no3)cc2c1. The fourth-order valence-electron chi connectivity index (χ4n) is 1.57. The van der Waals surface area contributed by atoms with Crippen LogP contribution in [0.2, 0.25) is 5.28 Å². The van der Waals surface area contributed by atoms with Crippen LogP contribution in [0.1, 0.15) is 5.56 Å². The maximum atomic E-state index is 5.58. The Hall–Kier alpha value is -1.81. The first kappa shape index (κ1) is 9.42. The molecular weight excluding hydrogens is 228 g/mol. The van der Waals surface area contributed by atoms with E-state index in [0.29, 0.717) is 11.7 Å². The van der Waals surface area contributed by atoms with Gasteiger partial charge < -0.3 is 8.94 Å². The second-order valence-corrected chi connectivity index (χ2v) is 3.86. The average molecular weight is 235 g/mol. The summed E-state index contributed by atoms with van der Waals surface area (Å²) in [4.78, 5) is 3.89. The van der Waals surface area contributed by atoms with Crippen LogP contribution in [0, 0.1) is 6.92 Å². The third-order valence-corrected chi connectivity index (χ3v) is 2.44. The Morgan fingerprint density at radius 1 is 1.25 bits per heavy atom. The molecule has 0 atom stereocenters. The van der Waals surface area contributed by atoms with E-state index in [0.717, 1.165) is 11.0 Å². The molecule has 3 aromatic rings. The predicted octanol–water partition coefficient (Wildman–Crippen LogP) is 3.44. The summed E-state index contributed by atoms with van der Waals surface area (Å²) in [6.45, 7) is 2.02. The second kappa shape index (κ2) is 3.35. The summed E-state index contributed by atoms with van der Waals surface area (Å²) in [5.74, 6) is 0.818. The van der Waals surface area contributed by atoms with Crippen LogP contribution in [0.5, 0.6) is 0 Å². The Balaban J connectivity index is 2.18. The molecule has 0 fully saturated rings. The van der Waals surface area contributed by atoms with E-state index in [1.54, 1.807) is 0 Å². The molecule has 0 bridgehead atoms. The summed E-state index contributed by atoms with van der Waals surface area (Å²) in [6.07, 6.45) is 0. The van der Waals surface area contributed by atoms with Gasteiger partial charge in [0.25, 0.3) is 11.2 Å². The molecule has 5 heteroatoms. The van der Waals surface area contributed by atoms with Crippen molar-refractivity contribution in [2.75, 3.05) is 0 Å². The highest BCUT2D eigenvalue weighted by atomic mass is 35.5. The van der Waals surface area contributed by atoms with Gasteiger partial charge in [0.05, 0.1) is 0 Å². The number of rotatable bonds is 1. The molecule has 0 amide bonds. The predicted molar refractivity (Wildman–Crippen MR) is 59.3 cm³/mol. The topological polar surface area (TPSA) is 52.1 Å². The lowest BCUT2D eigenvalue weighted by Gasteiger charge is -1.89. The van der Waals surface area contributed by atoms with Gasteiger partial charge in [-0.3, -0.25) is 0 Å². The lowest BCUT2D eigenvalue weighted by atomic mass is 10.2. The van der Waals surface area contributed by atoms with Gasteiger partial charge in [-0.15, -0.1) is 0 Å². The van der Waals surface area contributed by atoms with Gasteiger partial charge in [0.15, 0.2) is 5.76 Å². The smallest absolute Gasteiger partial charge is 0.294 e. The van der Waals surface area contributed by atoms with E-state index >= 15 is 0 Å². The first-order valence-electron chi connectivity index (χ1n) is 4.72. The molecule has 2 aromatic heterocycles. The summed E-state index contributed by atoms with van der Waals surface area (Å²) in [5.41, 5.74) is 1.96. The molecule has 16 heavy (non-hydrogen) atoms. The number of fused-ring (bicyclic) bond motifs is 1. The van der Waals surface area contributed by atoms with E-state index in [-0.39, 0.29) is 5.28 Å². The van der Waals surface area contributed by atoms with Gasteiger partial charge in [0, 0.05) is 5.39 Å². The molecule has 1 aromatic carbocycles. The van der Waals surface area contributed by atoms with Crippen molar-refractivity contribution in [3.63, 3.8) is 0 Å². The van der Waals surface area contributed by atoms with Crippen LogP contribution in [0.15, 0.2) is 33.2 Å². The molecule has 4 nitrogen and oxygen atoms in total. The highest BCUT2D eigenvalue weighted by Crippen LogP contribution is 2.27. The number of halogens is 1. The number of hydrogen-bond donors (Lipinski definition) is 0. The molecule has 0 saturated heterocycles. The molecule has 0 aliphatic carbocycles. The van der Waals surface area contributed by atoms with Gasteiger partial charge in [0.1, 0.15) is 5.58 Å². The minimum absolute atomic E-state index is 0.0756. The molecule has 0 N–H and O–H groups in total. The minimum atomic E-state index is 0.0756. The van der Waals surface area contributed by atoms with Gasteiger partial charge in [-0.1, -0.05) is 11.6 Å². The maximum absolute atomic E-state index is 5.58. The van der Waals surface area contributed by atoms with Crippen molar-refractivity contribution in [1.82, 2.24) is 10.1 Å². The van der Waals surface area contributed by atoms with Crippen molar-refractivity contribution in [3.8, 4) is 11.7 Å². The van der Waals surface area contributed by atoms with Crippen LogP contribution < -0.4 is 0 Å². The highest BCUT2D eigenvalue weighted by molar-refractivity contribution is 6.28. The zero-order valence-corrected chi connectivity index (χ0v) is 9.15. The van der Waals surface area contributed by atoms with Crippen molar-refractivity contribution in [2.45, 2.75) is 6.92 Å². The van der Waals surface area contributed by atoms with Crippen molar-refractivity contribution < 1.29 is 8.94 Å². The number of nitrogens with zero attached hydrogens (tertiary/aromatic N) is 2. The summed E-state index contributed by atoms with van der Waals surface area (Å²) in [5, 5.41) is 4.58. The Morgan fingerprint density at radius 2 is 2.12 bits per heavy atom. The number of benzene rings is 1. The normalized spacial score (nSPS) is 11.1. The van der Waals surface area contributed by atoms with Crippen LogP contribution in [0.25, 0.3) is 22.6 Å². The Bertz CT molecular complexity index is 657. The largest absolute Gasteiger partial charge is 0.451 e. The van der Waals surface area contributed by atoms with E-state index in [1.807, 2.05) is 31.2 Å². The number of aryl methyl sites for hydroxylation is 1. The Labute approximate surface area is 95.8 Å². The van der Waals surface area contributed by atoms with Crippen LogP contribution in [-0.2, 0) is 0 Å². The summed E-state index contributed by atoms with van der Waals surface area (Å²) in [7, 11) is 0. The van der Waals surface area contributed by atoms with Gasteiger partial charge in [-0.05, 0) is 41.9 Å². The van der Waals surface area contributed by atoms with Gasteiger partial charge in [0.2, 0.25) is 0 Å². The van der Waals surface area contributed by atoms with Crippen LogP contribution in [0.3, 0.4) is 0 Å². The maximum Gasteiger partial charge on any atom is 0.294 e. The molecule has 0 unspecified atom stereocenters.